The van der Waals surface area contributed by atoms with Gasteiger partial charge in [-0.05, 0) is 52.9 Å². The van der Waals surface area contributed by atoms with Gasteiger partial charge in [0.2, 0.25) is 0 Å². The van der Waals surface area contributed by atoms with Gasteiger partial charge in [0.25, 0.3) is 0 Å². The highest BCUT2D eigenvalue weighted by atomic mass is 16.6. The number of amides is 1. The van der Waals surface area contributed by atoms with Crippen molar-refractivity contribution in [2.75, 3.05) is 19.3 Å². The van der Waals surface area contributed by atoms with E-state index in [0.29, 0.717) is 24.3 Å². The van der Waals surface area contributed by atoms with Crippen molar-refractivity contribution in [3.05, 3.63) is 12.0 Å². The summed E-state index contributed by atoms with van der Waals surface area (Å²) in [5.41, 5.74) is 7.17. The second-order valence-corrected chi connectivity index (χ2v) is 8.17. The monoisotopic (exact) mass is 390 g/mol. The fourth-order valence-corrected chi connectivity index (χ4v) is 3.37. The van der Waals surface area contributed by atoms with Crippen molar-refractivity contribution in [2.24, 2.45) is 5.92 Å². The number of nitrogens with two attached hydrogens (primary N) is 1. The van der Waals surface area contributed by atoms with Crippen LogP contribution in [0.3, 0.4) is 0 Å². The zero-order valence-electron chi connectivity index (χ0n) is 18.2. The average molecular weight is 391 g/mol. The molecule has 2 heterocycles. The number of carbonyl (C=O) groups excluding carboxylic acids is 1. The van der Waals surface area contributed by atoms with Crippen molar-refractivity contribution in [3.63, 3.8) is 0 Å². The number of hydrogen-bond acceptors (Lipinski definition) is 6. The molecule has 2 aromatic heterocycles. The van der Waals surface area contributed by atoms with Crippen LogP contribution in [0.1, 0.15) is 65.6 Å². The molecule has 0 bridgehead atoms. The molecule has 0 atom stereocenters. The Balaban J connectivity index is 0.00000136. The lowest BCUT2D eigenvalue weighted by Crippen LogP contribution is -2.36. The molecule has 2 N–H and O–H groups in total. The number of carbonyl (C=O) groups is 1. The molecule has 0 saturated heterocycles. The lowest BCUT2D eigenvalue weighted by Gasteiger charge is -2.36. The van der Waals surface area contributed by atoms with E-state index in [2.05, 4.69) is 15.1 Å². The third kappa shape index (κ3) is 4.91. The summed E-state index contributed by atoms with van der Waals surface area (Å²) in [6.07, 6.45) is 4.24. The Hall–Kier alpha value is -2.38. The number of rotatable bonds is 4. The first-order valence-corrected chi connectivity index (χ1v) is 10.0. The first-order chi connectivity index (χ1) is 13.2. The van der Waals surface area contributed by atoms with Crippen molar-refractivity contribution in [1.82, 2.24) is 24.6 Å². The molecule has 2 aromatic rings. The Labute approximate surface area is 167 Å². The largest absolute Gasteiger partial charge is 0.444 e. The maximum Gasteiger partial charge on any atom is 0.410 e. The molecule has 1 fully saturated rings. The number of aryl methyl sites for hydroxylation is 1. The molecule has 1 aliphatic rings. The molecular weight excluding hydrogens is 356 g/mol. The molecule has 156 valence electrons. The Bertz CT molecular complexity index is 805. The standard InChI is InChI=1S/C18H28N6O2.C2H6/c1-11-14-15(19)20-10-21-16(14)24(22-11)13-8-12(9-13)6-7-23(5)17(25)26-18(2,3)4;1-2/h10,12-13H,6-9H2,1-5H3,(H2,19,20,21);1-2H3. The Kier molecular flexibility index (Phi) is 6.85. The number of ether oxygens (including phenoxy) is 1. The number of anilines is 1. The molecule has 3 rings (SSSR count). The summed E-state index contributed by atoms with van der Waals surface area (Å²) >= 11 is 0. The molecule has 0 radical (unpaired) electrons. The summed E-state index contributed by atoms with van der Waals surface area (Å²) in [5.74, 6) is 1.05. The van der Waals surface area contributed by atoms with E-state index in [-0.39, 0.29) is 6.09 Å². The first kappa shape index (κ1) is 21.9. The fraction of sp³-hybridized carbons (Fsp3) is 0.700. The number of nitrogen functional groups attached to an aromatic ring is 1. The quantitative estimate of drug-likeness (QED) is 0.848. The van der Waals surface area contributed by atoms with Gasteiger partial charge in [0.15, 0.2) is 5.65 Å². The molecule has 1 aliphatic carbocycles. The van der Waals surface area contributed by atoms with Gasteiger partial charge in [-0.15, -0.1) is 0 Å². The zero-order valence-corrected chi connectivity index (χ0v) is 18.2. The second-order valence-electron chi connectivity index (χ2n) is 8.17. The minimum Gasteiger partial charge on any atom is -0.444 e. The summed E-state index contributed by atoms with van der Waals surface area (Å²) in [6, 6.07) is 0.331. The highest BCUT2D eigenvalue weighted by Gasteiger charge is 2.33. The van der Waals surface area contributed by atoms with Crippen LogP contribution in [0.15, 0.2) is 6.33 Å². The van der Waals surface area contributed by atoms with E-state index in [4.69, 9.17) is 10.5 Å². The Morgan fingerprint density at radius 1 is 1.32 bits per heavy atom. The molecule has 0 aliphatic heterocycles. The molecule has 0 spiro atoms. The van der Waals surface area contributed by atoms with Crippen LogP contribution in [0.5, 0.6) is 0 Å². The van der Waals surface area contributed by atoms with Crippen LogP contribution < -0.4 is 5.73 Å². The summed E-state index contributed by atoms with van der Waals surface area (Å²) in [6.45, 7) is 12.3. The van der Waals surface area contributed by atoms with Crippen molar-refractivity contribution in [3.8, 4) is 0 Å². The van der Waals surface area contributed by atoms with Crippen LogP contribution in [0.2, 0.25) is 0 Å². The number of hydrogen-bond donors (Lipinski definition) is 1. The van der Waals surface area contributed by atoms with Crippen molar-refractivity contribution >= 4 is 22.9 Å². The maximum absolute atomic E-state index is 12.0. The molecule has 0 aromatic carbocycles. The van der Waals surface area contributed by atoms with Crippen LogP contribution in [-0.2, 0) is 4.74 Å². The highest BCUT2D eigenvalue weighted by Crippen LogP contribution is 2.41. The molecule has 8 nitrogen and oxygen atoms in total. The van der Waals surface area contributed by atoms with E-state index in [9.17, 15) is 4.79 Å². The van der Waals surface area contributed by atoms with Gasteiger partial charge in [-0.1, -0.05) is 13.8 Å². The van der Waals surface area contributed by atoms with Crippen LogP contribution in [0.4, 0.5) is 10.6 Å². The summed E-state index contributed by atoms with van der Waals surface area (Å²) in [5, 5.41) is 5.47. The molecule has 1 amide bonds. The summed E-state index contributed by atoms with van der Waals surface area (Å²) in [4.78, 5) is 22.1. The van der Waals surface area contributed by atoms with Crippen LogP contribution in [0.25, 0.3) is 11.0 Å². The minimum atomic E-state index is -0.463. The van der Waals surface area contributed by atoms with Gasteiger partial charge in [-0.2, -0.15) is 5.10 Å². The normalized spacial score (nSPS) is 18.8. The number of aromatic nitrogens is 4. The Morgan fingerprint density at radius 2 is 1.96 bits per heavy atom. The number of fused-ring (bicyclic) bond motifs is 1. The van der Waals surface area contributed by atoms with E-state index in [1.807, 2.05) is 46.2 Å². The van der Waals surface area contributed by atoms with Gasteiger partial charge in [0, 0.05) is 13.6 Å². The van der Waals surface area contributed by atoms with Crippen LogP contribution in [-0.4, -0.2) is 49.9 Å². The van der Waals surface area contributed by atoms with E-state index in [0.717, 1.165) is 36.0 Å². The predicted octanol–water partition coefficient (Wildman–Crippen LogP) is 3.95. The fourth-order valence-electron chi connectivity index (χ4n) is 3.37. The molecule has 28 heavy (non-hydrogen) atoms. The highest BCUT2D eigenvalue weighted by molar-refractivity contribution is 5.87. The van der Waals surface area contributed by atoms with Gasteiger partial charge >= 0.3 is 6.09 Å². The van der Waals surface area contributed by atoms with E-state index in [1.54, 1.807) is 11.9 Å². The zero-order chi connectivity index (χ0) is 21.1. The molecule has 8 heteroatoms. The van der Waals surface area contributed by atoms with Crippen molar-refractivity contribution < 1.29 is 9.53 Å². The van der Waals surface area contributed by atoms with Gasteiger partial charge in [-0.3, -0.25) is 0 Å². The summed E-state index contributed by atoms with van der Waals surface area (Å²) < 4.78 is 7.37. The maximum atomic E-state index is 12.0. The third-order valence-electron chi connectivity index (χ3n) is 4.83. The lowest BCUT2D eigenvalue weighted by atomic mass is 9.78. The topological polar surface area (TPSA) is 99.2 Å². The van der Waals surface area contributed by atoms with Crippen molar-refractivity contribution in [2.45, 2.75) is 72.4 Å². The first-order valence-electron chi connectivity index (χ1n) is 10.0. The smallest absolute Gasteiger partial charge is 0.410 e. The van der Waals surface area contributed by atoms with Crippen LogP contribution in [0, 0.1) is 12.8 Å². The summed E-state index contributed by atoms with van der Waals surface area (Å²) in [7, 11) is 1.79. The Morgan fingerprint density at radius 3 is 2.57 bits per heavy atom. The SMILES string of the molecule is CC.Cc1nn(C2CC(CCN(C)C(=O)OC(C)(C)C)C2)c2ncnc(N)c12. The van der Waals surface area contributed by atoms with E-state index >= 15 is 0 Å². The van der Waals surface area contributed by atoms with Crippen LogP contribution >= 0.6 is 0 Å². The lowest BCUT2D eigenvalue weighted by molar-refractivity contribution is 0.0276. The third-order valence-corrected chi connectivity index (χ3v) is 4.83. The predicted molar refractivity (Wildman–Crippen MR) is 111 cm³/mol. The van der Waals surface area contributed by atoms with Gasteiger partial charge in [-0.25, -0.2) is 19.4 Å². The molecular formula is C20H34N6O2. The van der Waals surface area contributed by atoms with Crippen molar-refractivity contribution in [1.29, 1.82) is 0 Å². The number of nitrogens with zero attached hydrogens (tertiary/aromatic N) is 5. The van der Waals surface area contributed by atoms with Gasteiger partial charge in [0.05, 0.1) is 17.1 Å². The second kappa shape index (κ2) is 8.75. The van der Waals surface area contributed by atoms with E-state index < -0.39 is 5.60 Å². The average Bonchev–Trinajstić information content (AvgIpc) is 2.91. The minimum absolute atomic E-state index is 0.269. The van der Waals surface area contributed by atoms with Gasteiger partial charge < -0.3 is 15.4 Å². The van der Waals surface area contributed by atoms with E-state index in [1.165, 1.54) is 6.33 Å². The van der Waals surface area contributed by atoms with Gasteiger partial charge in [0.1, 0.15) is 17.7 Å². The molecule has 1 saturated carbocycles. The molecule has 0 unspecified atom stereocenters.